The summed E-state index contributed by atoms with van der Waals surface area (Å²) in [6.07, 6.45) is 1.07. The molecule has 96 valence electrons. The van der Waals surface area contributed by atoms with E-state index < -0.39 is 0 Å². The second-order valence-corrected chi connectivity index (χ2v) is 5.86. The number of carbonyl (C=O) groups is 1. The summed E-state index contributed by atoms with van der Waals surface area (Å²) in [7, 11) is 0. The highest BCUT2D eigenvalue weighted by Gasteiger charge is 2.17. The second-order valence-electron chi connectivity index (χ2n) is 4.20. The summed E-state index contributed by atoms with van der Waals surface area (Å²) in [4.78, 5) is 14.6. The van der Waals surface area contributed by atoms with Crippen LogP contribution < -0.4 is 5.73 Å². The summed E-state index contributed by atoms with van der Waals surface area (Å²) < 4.78 is 0. The summed E-state index contributed by atoms with van der Waals surface area (Å²) >= 11 is 6.80. The van der Waals surface area contributed by atoms with Crippen LogP contribution in [0.2, 0.25) is 0 Å². The third-order valence-corrected chi connectivity index (χ3v) is 4.21. The van der Waals surface area contributed by atoms with E-state index in [-0.39, 0.29) is 5.91 Å². The number of thioether (sulfide) groups is 1. The summed E-state index contributed by atoms with van der Waals surface area (Å²) in [5.41, 5.74) is 7.05. The zero-order chi connectivity index (χ0) is 13.0. The topological polar surface area (TPSA) is 46.3 Å². The highest BCUT2D eigenvalue weighted by molar-refractivity contribution is 7.99. The smallest absolute Gasteiger partial charge is 0.253 e. The van der Waals surface area contributed by atoms with Crippen molar-refractivity contribution in [3.8, 4) is 0 Å². The first-order chi connectivity index (χ1) is 8.68. The van der Waals surface area contributed by atoms with Gasteiger partial charge in [-0.3, -0.25) is 4.79 Å². The van der Waals surface area contributed by atoms with Gasteiger partial charge in [-0.2, -0.15) is 11.8 Å². The van der Waals surface area contributed by atoms with Crippen molar-refractivity contribution in [1.82, 2.24) is 4.90 Å². The Balaban J connectivity index is 2.10. The first kappa shape index (κ1) is 13.4. The van der Waals surface area contributed by atoms with Gasteiger partial charge < -0.3 is 10.6 Å². The lowest BCUT2D eigenvalue weighted by Crippen LogP contribution is -2.32. The van der Waals surface area contributed by atoms with E-state index in [4.69, 9.17) is 18.0 Å². The molecule has 0 bridgehead atoms. The molecule has 1 saturated heterocycles. The Morgan fingerprint density at radius 1 is 1.17 bits per heavy atom. The van der Waals surface area contributed by atoms with E-state index in [9.17, 15) is 4.79 Å². The molecule has 0 unspecified atom stereocenters. The molecule has 0 atom stereocenters. The number of thiocarbonyl (C=S) groups is 1. The highest BCUT2D eigenvalue weighted by Crippen LogP contribution is 2.14. The average molecular weight is 280 g/mol. The van der Waals surface area contributed by atoms with Crippen molar-refractivity contribution in [3.05, 3.63) is 35.4 Å². The Kier molecular flexibility index (Phi) is 4.60. The Morgan fingerprint density at radius 2 is 1.83 bits per heavy atom. The van der Waals surface area contributed by atoms with Crippen molar-refractivity contribution in [1.29, 1.82) is 0 Å². The summed E-state index contributed by atoms with van der Waals surface area (Å²) in [5.74, 6) is 2.27. The molecule has 0 spiro atoms. The SMILES string of the molecule is NC(=S)c1ccc(C(=O)N2CCCSCC2)cc1. The molecule has 1 fully saturated rings. The number of hydrogen-bond acceptors (Lipinski definition) is 3. The van der Waals surface area contributed by atoms with Crippen LogP contribution >= 0.6 is 24.0 Å². The van der Waals surface area contributed by atoms with Crippen LogP contribution in [0.4, 0.5) is 0 Å². The molecule has 1 aromatic rings. The molecule has 0 saturated carbocycles. The number of rotatable bonds is 2. The number of nitrogens with zero attached hydrogens (tertiary/aromatic N) is 1. The maximum atomic E-state index is 12.3. The number of nitrogens with two attached hydrogens (primary N) is 1. The average Bonchev–Trinajstić information content (AvgIpc) is 2.67. The molecule has 2 N–H and O–H groups in total. The van der Waals surface area contributed by atoms with Crippen LogP contribution in [0.3, 0.4) is 0 Å². The van der Waals surface area contributed by atoms with Crippen molar-refractivity contribution in [2.45, 2.75) is 6.42 Å². The fourth-order valence-electron chi connectivity index (χ4n) is 1.91. The predicted octanol–water partition coefficient (Wildman–Crippen LogP) is 1.90. The standard InChI is InChI=1S/C13H16N2OS2/c14-12(17)10-2-4-11(5-3-10)13(16)15-6-1-8-18-9-7-15/h2-5H,1,6-9H2,(H2,14,17). The van der Waals surface area contributed by atoms with E-state index >= 15 is 0 Å². The van der Waals surface area contributed by atoms with Crippen LogP contribution in [0.15, 0.2) is 24.3 Å². The third-order valence-electron chi connectivity index (χ3n) is 2.93. The zero-order valence-corrected chi connectivity index (χ0v) is 11.7. The Labute approximate surface area is 117 Å². The third kappa shape index (κ3) is 3.23. The minimum Gasteiger partial charge on any atom is -0.389 e. The van der Waals surface area contributed by atoms with Gasteiger partial charge in [0.05, 0.1) is 0 Å². The zero-order valence-electron chi connectivity index (χ0n) is 10.1. The van der Waals surface area contributed by atoms with Crippen molar-refractivity contribution in [2.75, 3.05) is 24.6 Å². The van der Waals surface area contributed by atoms with Crippen molar-refractivity contribution >= 4 is 34.9 Å². The largest absolute Gasteiger partial charge is 0.389 e. The number of carbonyl (C=O) groups excluding carboxylic acids is 1. The molecule has 1 heterocycles. The highest BCUT2D eigenvalue weighted by atomic mass is 32.2. The number of benzene rings is 1. The quantitative estimate of drug-likeness (QED) is 0.841. The van der Waals surface area contributed by atoms with Gasteiger partial charge in [0, 0.05) is 30.0 Å². The molecule has 1 aliphatic rings. The monoisotopic (exact) mass is 280 g/mol. The first-order valence-corrected chi connectivity index (χ1v) is 7.51. The van der Waals surface area contributed by atoms with Crippen molar-refractivity contribution in [2.24, 2.45) is 5.73 Å². The molecule has 1 aromatic carbocycles. The number of hydrogen-bond donors (Lipinski definition) is 1. The van der Waals surface area contributed by atoms with Crippen molar-refractivity contribution < 1.29 is 4.79 Å². The van der Waals surface area contributed by atoms with Gasteiger partial charge in [-0.15, -0.1) is 0 Å². The van der Waals surface area contributed by atoms with Crippen LogP contribution in [-0.2, 0) is 0 Å². The summed E-state index contributed by atoms with van der Waals surface area (Å²) in [6.45, 7) is 1.68. The minimum absolute atomic E-state index is 0.104. The van der Waals surface area contributed by atoms with Gasteiger partial charge in [0.1, 0.15) is 4.99 Å². The predicted molar refractivity (Wildman–Crippen MR) is 80.2 cm³/mol. The van der Waals surface area contributed by atoms with Gasteiger partial charge in [0.25, 0.3) is 5.91 Å². The van der Waals surface area contributed by atoms with Gasteiger partial charge >= 0.3 is 0 Å². The first-order valence-electron chi connectivity index (χ1n) is 5.95. The fraction of sp³-hybridized carbons (Fsp3) is 0.385. The van der Waals surface area contributed by atoms with Gasteiger partial charge in [-0.1, -0.05) is 24.4 Å². The molecule has 0 aliphatic carbocycles. The van der Waals surface area contributed by atoms with Gasteiger partial charge in [0.15, 0.2) is 0 Å². The molecule has 0 aromatic heterocycles. The molecule has 3 nitrogen and oxygen atoms in total. The molecule has 1 aliphatic heterocycles. The Morgan fingerprint density at radius 3 is 2.50 bits per heavy atom. The van der Waals surface area contributed by atoms with Crippen LogP contribution in [0.1, 0.15) is 22.3 Å². The van der Waals surface area contributed by atoms with E-state index in [0.29, 0.717) is 10.6 Å². The molecule has 1 amide bonds. The van der Waals surface area contributed by atoms with E-state index in [0.717, 1.165) is 36.6 Å². The molecular weight excluding hydrogens is 264 g/mol. The second kappa shape index (κ2) is 6.20. The molecule has 0 radical (unpaired) electrons. The molecule has 5 heteroatoms. The normalized spacial score (nSPS) is 16.1. The minimum atomic E-state index is 0.104. The van der Waals surface area contributed by atoms with Crippen LogP contribution in [0, 0.1) is 0 Å². The van der Waals surface area contributed by atoms with E-state index in [1.807, 2.05) is 28.8 Å². The van der Waals surface area contributed by atoms with Crippen LogP contribution in [-0.4, -0.2) is 40.4 Å². The van der Waals surface area contributed by atoms with Gasteiger partial charge in [-0.05, 0) is 24.3 Å². The summed E-state index contributed by atoms with van der Waals surface area (Å²) in [5, 5.41) is 0. The van der Waals surface area contributed by atoms with E-state index in [2.05, 4.69) is 0 Å². The lowest BCUT2D eigenvalue weighted by Gasteiger charge is -2.20. The summed E-state index contributed by atoms with van der Waals surface area (Å²) in [6, 6.07) is 7.22. The van der Waals surface area contributed by atoms with E-state index in [1.165, 1.54) is 0 Å². The maximum Gasteiger partial charge on any atom is 0.253 e. The van der Waals surface area contributed by atoms with Gasteiger partial charge in [-0.25, -0.2) is 0 Å². The van der Waals surface area contributed by atoms with Crippen LogP contribution in [0.5, 0.6) is 0 Å². The lowest BCUT2D eigenvalue weighted by molar-refractivity contribution is 0.0768. The Bertz CT molecular complexity index is 437. The Hall–Kier alpha value is -1.07. The van der Waals surface area contributed by atoms with Crippen LogP contribution in [0.25, 0.3) is 0 Å². The van der Waals surface area contributed by atoms with Crippen molar-refractivity contribution in [3.63, 3.8) is 0 Å². The van der Waals surface area contributed by atoms with E-state index in [1.54, 1.807) is 12.1 Å². The van der Waals surface area contributed by atoms with Gasteiger partial charge in [0.2, 0.25) is 0 Å². The molecular formula is C13H16N2OS2. The molecule has 18 heavy (non-hydrogen) atoms. The number of amides is 1. The molecule has 2 rings (SSSR count). The lowest BCUT2D eigenvalue weighted by atomic mass is 10.1. The fourth-order valence-corrected chi connectivity index (χ4v) is 2.93. The maximum absolute atomic E-state index is 12.3.